The van der Waals surface area contributed by atoms with Gasteiger partial charge >= 0.3 is 6.09 Å². The summed E-state index contributed by atoms with van der Waals surface area (Å²) < 4.78 is 5.03. The van der Waals surface area contributed by atoms with Gasteiger partial charge in [0, 0.05) is 12.6 Å². The summed E-state index contributed by atoms with van der Waals surface area (Å²) in [5, 5.41) is 8.68. The lowest BCUT2D eigenvalue weighted by molar-refractivity contribution is 0.0682. The number of aliphatic hydroxyl groups excluding tert-OH is 1. The van der Waals surface area contributed by atoms with Crippen molar-refractivity contribution in [1.82, 2.24) is 4.90 Å². The van der Waals surface area contributed by atoms with E-state index in [4.69, 9.17) is 9.84 Å². The van der Waals surface area contributed by atoms with E-state index in [2.05, 4.69) is 0 Å². The van der Waals surface area contributed by atoms with Crippen molar-refractivity contribution in [2.45, 2.75) is 51.0 Å². The molecule has 2 aliphatic rings. The molecule has 17 heavy (non-hydrogen) atoms. The molecule has 0 aromatic carbocycles. The monoisotopic (exact) mass is 241 g/mol. The fourth-order valence-corrected chi connectivity index (χ4v) is 3.24. The summed E-state index contributed by atoms with van der Waals surface area (Å²) in [6, 6.07) is 0.390. The van der Waals surface area contributed by atoms with Gasteiger partial charge in [0.25, 0.3) is 0 Å². The Kier molecular flexibility index (Phi) is 4.66. The molecule has 1 N–H and O–H groups in total. The molecule has 2 fully saturated rings. The maximum atomic E-state index is 11.8. The molecule has 1 aliphatic heterocycles. The Balaban J connectivity index is 1.89. The first-order chi connectivity index (χ1) is 8.33. The van der Waals surface area contributed by atoms with Crippen LogP contribution in [-0.4, -0.2) is 41.9 Å². The average Bonchev–Trinajstić information content (AvgIpc) is 2.86. The van der Waals surface area contributed by atoms with Gasteiger partial charge < -0.3 is 14.7 Å². The molecule has 0 bridgehead atoms. The predicted octanol–water partition coefficient (Wildman–Crippen LogP) is 2.16. The molecule has 1 saturated heterocycles. The molecule has 1 saturated carbocycles. The number of carbonyl (C=O) groups excluding carboxylic acids is 1. The highest BCUT2D eigenvalue weighted by molar-refractivity contribution is 5.68. The van der Waals surface area contributed by atoms with Gasteiger partial charge in [0.2, 0.25) is 0 Å². The first-order valence-corrected chi connectivity index (χ1v) is 6.87. The zero-order valence-electron chi connectivity index (χ0n) is 10.4. The Hall–Kier alpha value is -0.770. The van der Waals surface area contributed by atoms with Gasteiger partial charge in [-0.05, 0) is 31.6 Å². The van der Waals surface area contributed by atoms with Crippen molar-refractivity contribution < 1.29 is 14.6 Å². The highest BCUT2D eigenvalue weighted by atomic mass is 16.6. The lowest BCUT2D eigenvalue weighted by Crippen LogP contribution is -2.41. The van der Waals surface area contributed by atoms with Crippen molar-refractivity contribution in [1.29, 1.82) is 0 Å². The molecule has 1 aliphatic carbocycles. The van der Waals surface area contributed by atoms with E-state index in [9.17, 15) is 4.79 Å². The van der Waals surface area contributed by atoms with Crippen LogP contribution in [0.15, 0.2) is 0 Å². The van der Waals surface area contributed by atoms with E-state index in [-0.39, 0.29) is 19.3 Å². The zero-order valence-corrected chi connectivity index (χ0v) is 10.4. The topological polar surface area (TPSA) is 49.8 Å². The molecule has 0 spiro atoms. The van der Waals surface area contributed by atoms with Crippen LogP contribution < -0.4 is 0 Å². The Bertz CT molecular complexity index is 251. The highest BCUT2D eigenvalue weighted by Gasteiger charge is 2.35. The second-order valence-corrected chi connectivity index (χ2v) is 5.14. The molecule has 0 aromatic rings. The lowest BCUT2D eigenvalue weighted by Gasteiger charge is -2.33. The fraction of sp³-hybridized carbons (Fsp3) is 0.923. The van der Waals surface area contributed by atoms with E-state index < -0.39 is 0 Å². The number of carbonyl (C=O) groups is 1. The van der Waals surface area contributed by atoms with Crippen LogP contribution >= 0.6 is 0 Å². The number of amides is 1. The van der Waals surface area contributed by atoms with Crippen LogP contribution in [0.4, 0.5) is 4.79 Å². The Morgan fingerprint density at radius 1 is 1.18 bits per heavy atom. The largest absolute Gasteiger partial charge is 0.447 e. The van der Waals surface area contributed by atoms with Crippen molar-refractivity contribution in [3.05, 3.63) is 0 Å². The van der Waals surface area contributed by atoms with Crippen molar-refractivity contribution in [3.63, 3.8) is 0 Å². The molecule has 2 rings (SSSR count). The van der Waals surface area contributed by atoms with E-state index >= 15 is 0 Å². The number of nitrogens with zero attached hydrogens (tertiary/aromatic N) is 1. The Morgan fingerprint density at radius 3 is 2.65 bits per heavy atom. The number of likely N-dealkylation sites (tertiary alicyclic amines) is 1. The predicted molar refractivity (Wildman–Crippen MR) is 64.7 cm³/mol. The third-order valence-corrected chi connectivity index (χ3v) is 4.04. The standard InChI is InChI=1S/C13H23NO3/c15-9-10-17-13(16)14-8-4-7-12(14)11-5-2-1-3-6-11/h11-12,15H,1-10H2. The molecule has 1 amide bonds. The Labute approximate surface area is 103 Å². The molecular formula is C13H23NO3. The van der Waals surface area contributed by atoms with Crippen LogP contribution in [0.1, 0.15) is 44.9 Å². The number of aliphatic hydroxyl groups is 1. The minimum atomic E-state index is -0.230. The zero-order chi connectivity index (χ0) is 12.1. The van der Waals surface area contributed by atoms with Gasteiger partial charge in [0.15, 0.2) is 0 Å². The number of hydrogen-bond donors (Lipinski definition) is 1. The van der Waals surface area contributed by atoms with Crippen molar-refractivity contribution in [3.8, 4) is 0 Å². The SMILES string of the molecule is O=C(OCCO)N1CCCC1C1CCCCC1. The molecule has 4 nitrogen and oxygen atoms in total. The summed E-state index contributed by atoms with van der Waals surface area (Å²) in [5.41, 5.74) is 0. The number of rotatable bonds is 3. The number of hydrogen-bond acceptors (Lipinski definition) is 3. The van der Waals surface area contributed by atoms with E-state index in [1.54, 1.807) is 0 Å². The lowest BCUT2D eigenvalue weighted by atomic mass is 9.83. The summed E-state index contributed by atoms with van der Waals surface area (Å²) in [4.78, 5) is 13.7. The summed E-state index contributed by atoms with van der Waals surface area (Å²) >= 11 is 0. The van der Waals surface area contributed by atoms with Crippen LogP contribution in [0.5, 0.6) is 0 Å². The minimum Gasteiger partial charge on any atom is -0.447 e. The van der Waals surface area contributed by atoms with E-state index in [1.165, 1.54) is 32.1 Å². The molecule has 0 radical (unpaired) electrons. The van der Waals surface area contributed by atoms with Crippen LogP contribution in [-0.2, 0) is 4.74 Å². The van der Waals surface area contributed by atoms with Crippen LogP contribution in [0.25, 0.3) is 0 Å². The summed E-state index contributed by atoms with van der Waals surface area (Å²) in [6.45, 7) is 0.853. The van der Waals surface area contributed by atoms with E-state index in [0.717, 1.165) is 19.4 Å². The maximum absolute atomic E-state index is 11.8. The van der Waals surface area contributed by atoms with E-state index in [0.29, 0.717) is 12.0 Å². The second kappa shape index (κ2) is 6.24. The maximum Gasteiger partial charge on any atom is 0.410 e. The van der Waals surface area contributed by atoms with Crippen LogP contribution in [0, 0.1) is 5.92 Å². The molecular weight excluding hydrogens is 218 g/mol. The van der Waals surface area contributed by atoms with Crippen LogP contribution in [0.2, 0.25) is 0 Å². The average molecular weight is 241 g/mol. The van der Waals surface area contributed by atoms with Gasteiger partial charge in [-0.25, -0.2) is 4.79 Å². The van der Waals surface area contributed by atoms with Gasteiger partial charge in [-0.3, -0.25) is 0 Å². The summed E-state index contributed by atoms with van der Waals surface area (Å²) in [5.74, 6) is 0.674. The molecule has 1 unspecified atom stereocenters. The first kappa shape index (κ1) is 12.7. The summed E-state index contributed by atoms with van der Waals surface area (Å²) in [7, 11) is 0. The quantitative estimate of drug-likeness (QED) is 0.823. The summed E-state index contributed by atoms with van der Waals surface area (Å²) in [6.07, 6.45) is 8.46. The van der Waals surface area contributed by atoms with Gasteiger partial charge in [-0.2, -0.15) is 0 Å². The van der Waals surface area contributed by atoms with Crippen molar-refractivity contribution >= 4 is 6.09 Å². The van der Waals surface area contributed by atoms with Crippen molar-refractivity contribution in [2.75, 3.05) is 19.8 Å². The van der Waals surface area contributed by atoms with Crippen LogP contribution in [0.3, 0.4) is 0 Å². The third kappa shape index (κ3) is 3.12. The molecule has 4 heteroatoms. The Morgan fingerprint density at radius 2 is 1.94 bits per heavy atom. The minimum absolute atomic E-state index is 0.0896. The second-order valence-electron chi connectivity index (χ2n) is 5.14. The van der Waals surface area contributed by atoms with Gasteiger partial charge in [0.05, 0.1) is 6.61 Å². The van der Waals surface area contributed by atoms with Gasteiger partial charge in [-0.1, -0.05) is 19.3 Å². The molecule has 98 valence electrons. The van der Waals surface area contributed by atoms with E-state index in [1.807, 2.05) is 4.90 Å². The molecule has 0 aromatic heterocycles. The number of ether oxygens (including phenoxy) is 1. The fourth-order valence-electron chi connectivity index (χ4n) is 3.24. The third-order valence-electron chi connectivity index (χ3n) is 4.04. The first-order valence-electron chi connectivity index (χ1n) is 6.87. The van der Waals surface area contributed by atoms with Gasteiger partial charge in [0.1, 0.15) is 6.61 Å². The normalized spacial score (nSPS) is 26.2. The van der Waals surface area contributed by atoms with Gasteiger partial charge in [-0.15, -0.1) is 0 Å². The van der Waals surface area contributed by atoms with Crippen molar-refractivity contribution in [2.24, 2.45) is 5.92 Å². The smallest absolute Gasteiger partial charge is 0.410 e. The highest BCUT2D eigenvalue weighted by Crippen LogP contribution is 2.34. The molecule has 1 heterocycles. The molecule has 1 atom stereocenters.